The lowest BCUT2D eigenvalue weighted by Crippen LogP contribution is -2.52. The molecule has 0 aliphatic heterocycles. The monoisotopic (exact) mass is 182 g/mol. The first-order chi connectivity index (χ1) is 6.33. The number of nitrogens with zero attached hydrogens (tertiary/aromatic N) is 1. The molecule has 0 amide bonds. The normalized spacial score (nSPS) is 27.0. The van der Waals surface area contributed by atoms with E-state index in [1.165, 1.54) is 38.5 Å². The van der Waals surface area contributed by atoms with Crippen LogP contribution in [0.1, 0.15) is 38.5 Å². The first kappa shape index (κ1) is 9.47. The molecule has 2 saturated carbocycles. The maximum atomic E-state index is 5.86. The first-order valence-electron chi connectivity index (χ1n) is 5.75. The molecule has 0 aromatic rings. The van der Waals surface area contributed by atoms with Crippen LogP contribution in [0, 0.1) is 5.92 Å². The maximum Gasteiger partial charge on any atom is 0.0246 e. The third-order valence-electron chi connectivity index (χ3n) is 4.11. The van der Waals surface area contributed by atoms with E-state index in [-0.39, 0.29) is 0 Å². The van der Waals surface area contributed by atoms with Crippen molar-refractivity contribution in [3.05, 3.63) is 0 Å². The predicted molar refractivity (Wildman–Crippen MR) is 55.6 cm³/mol. The van der Waals surface area contributed by atoms with Gasteiger partial charge in [-0.05, 0) is 38.6 Å². The predicted octanol–water partition coefficient (Wildman–Crippen LogP) is 1.60. The molecule has 1 unspecified atom stereocenters. The molecule has 2 aliphatic carbocycles. The molecule has 0 bridgehead atoms. The molecular weight excluding hydrogens is 160 g/mol. The van der Waals surface area contributed by atoms with Gasteiger partial charge in [-0.25, -0.2) is 0 Å². The van der Waals surface area contributed by atoms with Crippen LogP contribution in [0.15, 0.2) is 0 Å². The molecule has 0 heterocycles. The molecular formula is C11H22N2. The van der Waals surface area contributed by atoms with Crippen molar-refractivity contribution >= 4 is 0 Å². The SMILES string of the molecule is CN(C1CCC1)C(CN)C1CCC1. The third-order valence-corrected chi connectivity index (χ3v) is 4.11. The molecule has 0 saturated heterocycles. The van der Waals surface area contributed by atoms with Crippen molar-refractivity contribution in [2.45, 2.75) is 50.6 Å². The second-order valence-corrected chi connectivity index (χ2v) is 4.74. The summed E-state index contributed by atoms with van der Waals surface area (Å²) in [6.45, 7) is 0.859. The standard InChI is InChI=1S/C11H22N2/c1-13(10-6-3-7-10)11(8-12)9-4-2-5-9/h9-11H,2-8,12H2,1H3. The van der Waals surface area contributed by atoms with Gasteiger partial charge in [-0.15, -0.1) is 0 Å². The minimum absolute atomic E-state index is 0.680. The summed E-state index contributed by atoms with van der Waals surface area (Å²) in [6.07, 6.45) is 8.49. The lowest BCUT2D eigenvalue weighted by molar-refractivity contribution is 0.0534. The number of hydrogen-bond acceptors (Lipinski definition) is 2. The second kappa shape index (κ2) is 3.97. The zero-order chi connectivity index (χ0) is 9.26. The van der Waals surface area contributed by atoms with Gasteiger partial charge in [0.05, 0.1) is 0 Å². The average Bonchev–Trinajstić information content (AvgIpc) is 1.92. The van der Waals surface area contributed by atoms with Crippen molar-refractivity contribution in [1.29, 1.82) is 0 Å². The van der Waals surface area contributed by atoms with Crippen LogP contribution in [0.2, 0.25) is 0 Å². The van der Waals surface area contributed by atoms with Crippen LogP contribution in [0.5, 0.6) is 0 Å². The van der Waals surface area contributed by atoms with Gasteiger partial charge in [0, 0.05) is 18.6 Å². The van der Waals surface area contributed by atoms with Gasteiger partial charge in [-0.2, -0.15) is 0 Å². The Bertz CT molecular complexity index is 161. The quantitative estimate of drug-likeness (QED) is 0.715. The molecule has 1 atom stereocenters. The molecule has 2 aliphatic rings. The maximum absolute atomic E-state index is 5.86. The Morgan fingerprint density at radius 3 is 2.15 bits per heavy atom. The van der Waals surface area contributed by atoms with Crippen LogP contribution < -0.4 is 5.73 Å². The van der Waals surface area contributed by atoms with Gasteiger partial charge in [-0.1, -0.05) is 12.8 Å². The van der Waals surface area contributed by atoms with E-state index >= 15 is 0 Å². The van der Waals surface area contributed by atoms with Crippen molar-refractivity contribution in [3.8, 4) is 0 Å². The van der Waals surface area contributed by atoms with Gasteiger partial charge < -0.3 is 5.73 Å². The fourth-order valence-electron chi connectivity index (χ4n) is 2.58. The number of likely N-dealkylation sites (N-methyl/N-ethyl adjacent to an activating group) is 1. The molecule has 2 heteroatoms. The number of rotatable bonds is 4. The van der Waals surface area contributed by atoms with Crippen LogP contribution >= 0.6 is 0 Å². The van der Waals surface area contributed by atoms with Crippen LogP contribution in [-0.2, 0) is 0 Å². The van der Waals surface area contributed by atoms with Crippen LogP contribution in [0.3, 0.4) is 0 Å². The highest BCUT2D eigenvalue weighted by atomic mass is 15.2. The van der Waals surface area contributed by atoms with E-state index < -0.39 is 0 Å². The first-order valence-corrected chi connectivity index (χ1v) is 5.75. The van der Waals surface area contributed by atoms with Crippen molar-refractivity contribution in [2.24, 2.45) is 11.7 Å². The van der Waals surface area contributed by atoms with Gasteiger partial charge in [0.25, 0.3) is 0 Å². The number of nitrogens with two attached hydrogens (primary N) is 1. The lowest BCUT2D eigenvalue weighted by Gasteiger charge is -2.45. The molecule has 0 aromatic carbocycles. The van der Waals surface area contributed by atoms with E-state index in [2.05, 4.69) is 11.9 Å². The van der Waals surface area contributed by atoms with Crippen molar-refractivity contribution < 1.29 is 0 Å². The minimum atomic E-state index is 0.680. The average molecular weight is 182 g/mol. The van der Waals surface area contributed by atoms with Gasteiger partial charge in [0.1, 0.15) is 0 Å². The summed E-state index contributed by atoms with van der Waals surface area (Å²) in [7, 11) is 2.28. The Labute approximate surface area is 81.5 Å². The van der Waals surface area contributed by atoms with E-state index in [0.29, 0.717) is 6.04 Å². The van der Waals surface area contributed by atoms with Crippen LogP contribution in [0.25, 0.3) is 0 Å². The molecule has 2 fully saturated rings. The summed E-state index contributed by atoms with van der Waals surface area (Å²) in [5.41, 5.74) is 5.86. The van der Waals surface area contributed by atoms with E-state index in [1.807, 2.05) is 0 Å². The Morgan fingerprint density at radius 1 is 1.23 bits per heavy atom. The topological polar surface area (TPSA) is 29.3 Å². The summed E-state index contributed by atoms with van der Waals surface area (Å²) in [4.78, 5) is 2.56. The Hall–Kier alpha value is -0.0800. The van der Waals surface area contributed by atoms with Gasteiger partial charge in [-0.3, -0.25) is 4.90 Å². The summed E-state index contributed by atoms with van der Waals surface area (Å²) < 4.78 is 0. The highest BCUT2D eigenvalue weighted by molar-refractivity contribution is 4.89. The van der Waals surface area contributed by atoms with Gasteiger partial charge >= 0.3 is 0 Å². The largest absolute Gasteiger partial charge is 0.329 e. The molecule has 13 heavy (non-hydrogen) atoms. The molecule has 2 rings (SSSR count). The molecule has 2 N–H and O–H groups in total. The summed E-state index contributed by atoms with van der Waals surface area (Å²) in [5.74, 6) is 0.913. The zero-order valence-corrected chi connectivity index (χ0v) is 8.71. The second-order valence-electron chi connectivity index (χ2n) is 4.74. The van der Waals surface area contributed by atoms with Gasteiger partial charge in [0.15, 0.2) is 0 Å². The van der Waals surface area contributed by atoms with Crippen molar-refractivity contribution in [2.75, 3.05) is 13.6 Å². The molecule has 0 aromatic heterocycles. The smallest absolute Gasteiger partial charge is 0.0246 e. The van der Waals surface area contributed by atoms with Crippen molar-refractivity contribution in [1.82, 2.24) is 4.90 Å². The van der Waals surface area contributed by atoms with E-state index in [1.54, 1.807) is 0 Å². The van der Waals surface area contributed by atoms with E-state index in [4.69, 9.17) is 5.73 Å². The molecule has 76 valence electrons. The summed E-state index contributed by atoms with van der Waals surface area (Å²) in [5, 5.41) is 0. The molecule has 2 nitrogen and oxygen atoms in total. The van der Waals surface area contributed by atoms with E-state index in [0.717, 1.165) is 18.5 Å². The minimum Gasteiger partial charge on any atom is -0.329 e. The fourth-order valence-corrected chi connectivity index (χ4v) is 2.58. The van der Waals surface area contributed by atoms with Crippen molar-refractivity contribution in [3.63, 3.8) is 0 Å². The Morgan fingerprint density at radius 2 is 1.85 bits per heavy atom. The van der Waals surface area contributed by atoms with Crippen LogP contribution in [-0.4, -0.2) is 30.6 Å². The fraction of sp³-hybridized carbons (Fsp3) is 1.00. The highest BCUT2D eigenvalue weighted by Crippen LogP contribution is 2.34. The lowest BCUT2D eigenvalue weighted by atomic mass is 9.77. The summed E-state index contributed by atoms with van der Waals surface area (Å²) >= 11 is 0. The van der Waals surface area contributed by atoms with E-state index in [9.17, 15) is 0 Å². The van der Waals surface area contributed by atoms with Gasteiger partial charge in [0.2, 0.25) is 0 Å². The molecule has 0 radical (unpaired) electrons. The highest BCUT2D eigenvalue weighted by Gasteiger charge is 2.33. The van der Waals surface area contributed by atoms with Crippen LogP contribution in [0.4, 0.5) is 0 Å². The zero-order valence-electron chi connectivity index (χ0n) is 8.71. The Kier molecular flexibility index (Phi) is 2.89. The number of hydrogen-bond donors (Lipinski definition) is 1. The molecule has 0 spiro atoms. The summed E-state index contributed by atoms with van der Waals surface area (Å²) in [6, 6.07) is 1.54. The Balaban J connectivity index is 1.86. The third kappa shape index (κ3) is 1.75.